The third-order valence-corrected chi connectivity index (χ3v) is 6.49. The summed E-state index contributed by atoms with van der Waals surface area (Å²) in [5.41, 5.74) is 6.18. The molecule has 3 N–H and O–H groups in total. The molecule has 0 radical (unpaired) electrons. The number of benzene rings is 1. The molecule has 0 saturated heterocycles. The highest BCUT2D eigenvalue weighted by Gasteiger charge is 2.26. The summed E-state index contributed by atoms with van der Waals surface area (Å²) in [5, 5.41) is 0. The van der Waals surface area contributed by atoms with Crippen molar-refractivity contribution < 1.29 is 8.42 Å². The Hall–Kier alpha value is -0.590. The molecule has 0 aromatic heterocycles. The van der Waals surface area contributed by atoms with Crippen molar-refractivity contribution in [1.29, 1.82) is 0 Å². The summed E-state index contributed by atoms with van der Waals surface area (Å²) in [7, 11) is -3.48. The van der Waals surface area contributed by atoms with Gasteiger partial charge in [-0.25, -0.2) is 13.1 Å². The van der Waals surface area contributed by atoms with Crippen LogP contribution in [0.4, 0.5) is 5.69 Å². The minimum Gasteiger partial charge on any atom is -0.399 e. The smallest absolute Gasteiger partial charge is 0.241 e. The van der Waals surface area contributed by atoms with E-state index >= 15 is 0 Å². The number of nitrogens with one attached hydrogen (secondary N) is 1. The molecule has 1 saturated carbocycles. The summed E-state index contributed by atoms with van der Waals surface area (Å²) in [6, 6.07) is 4.81. The molecule has 2 rings (SSSR count). The topological polar surface area (TPSA) is 72.2 Å². The molecule has 0 unspecified atom stereocenters. The summed E-state index contributed by atoms with van der Waals surface area (Å²) < 4.78 is 28.1. The number of sulfonamides is 1. The maximum Gasteiger partial charge on any atom is 0.241 e. The molecule has 1 aromatic rings. The Labute approximate surface area is 129 Å². The van der Waals surface area contributed by atoms with Gasteiger partial charge in [-0.05, 0) is 65.7 Å². The first-order valence-electron chi connectivity index (χ1n) is 6.99. The van der Waals surface area contributed by atoms with Gasteiger partial charge in [-0.3, -0.25) is 0 Å². The summed E-state index contributed by atoms with van der Waals surface area (Å²) >= 11 is 3.27. The molecule has 20 heavy (non-hydrogen) atoms. The van der Waals surface area contributed by atoms with Crippen molar-refractivity contribution in [3.05, 3.63) is 22.7 Å². The largest absolute Gasteiger partial charge is 0.399 e. The summed E-state index contributed by atoms with van der Waals surface area (Å²) in [6.45, 7) is 2.20. The fraction of sp³-hybridized carbons (Fsp3) is 0.571. The summed E-state index contributed by atoms with van der Waals surface area (Å²) in [5.74, 6) is 0.749. The molecule has 0 bridgehead atoms. The number of rotatable bonds is 4. The molecule has 6 heteroatoms. The predicted octanol–water partition coefficient (Wildman–Crippen LogP) is 3.28. The van der Waals surface area contributed by atoms with Crippen LogP contribution < -0.4 is 10.5 Å². The first-order chi connectivity index (χ1) is 9.42. The SMILES string of the molecule is CCC1CCC(NS(=O)(=O)c2ccc(N)cc2Br)CC1. The Morgan fingerprint density at radius 1 is 1.30 bits per heavy atom. The van der Waals surface area contributed by atoms with E-state index in [1.54, 1.807) is 18.2 Å². The van der Waals surface area contributed by atoms with Gasteiger partial charge in [0, 0.05) is 16.2 Å². The first kappa shape index (κ1) is 15.8. The van der Waals surface area contributed by atoms with Crippen molar-refractivity contribution in [2.75, 3.05) is 5.73 Å². The van der Waals surface area contributed by atoms with Gasteiger partial charge < -0.3 is 5.73 Å². The van der Waals surface area contributed by atoms with Crippen LogP contribution in [-0.4, -0.2) is 14.5 Å². The van der Waals surface area contributed by atoms with Crippen molar-refractivity contribution in [2.24, 2.45) is 5.92 Å². The Morgan fingerprint density at radius 2 is 1.95 bits per heavy atom. The molecular formula is C14H21BrN2O2S. The molecule has 1 aliphatic carbocycles. The Balaban J connectivity index is 2.08. The fourth-order valence-electron chi connectivity index (χ4n) is 2.71. The third-order valence-electron chi connectivity index (χ3n) is 3.99. The van der Waals surface area contributed by atoms with E-state index in [1.807, 2.05) is 0 Å². The van der Waals surface area contributed by atoms with E-state index in [0.717, 1.165) is 31.6 Å². The lowest BCUT2D eigenvalue weighted by Gasteiger charge is -2.28. The zero-order chi connectivity index (χ0) is 14.8. The molecule has 0 heterocycles. The molecule has 0 amide bonds. The standard InChI is InChI=1S/C14H21BrN2O2S/c1-2-10-3-6-12(7-4-10)17-20(18,19)14-8-5-11(16)9-13(14)15/h5,8-10,12,17H,2-4,6-7,16H2,1H3. The minimum absolute atomic E-state index is 0.0484. The van der Waals surface area contributed by atoms with Crippen LogP contribution in [0, 0.1) is 5.92 Å². The van der Waals surface area contributed by atoms with Gasteiger partial charge in [-0.2, -0.15) is 0 Å². The number of anilines is 1. The van der Waals surface area contributed by atoms with E-state index in [1.165, 1.54) is 6.42 Å². The number of hydrogen-bond acceptors (Lipinski definition) is 3. The van der Waals surface area contributed by atoms with E-state index in [2.05, 4.69) is 27.6 Å². The normalized spacial score (nSPS) is 23.7. The highest BCUT2D eigenvalue weighted by molar-refractivity contribution is 9.10. The van der Waals surface area contributed by atoms with Crippen LogP contribution >= 0.6 is 15.9 Å². The lowest BCUT2D eigenvalue weighted by molar-refractivity contribution is 0.306. The van der Waals surface area contributed by atoms with E-state index in [0.29, 0.717) is 10.2 Å². The predicted molar refractivity (Wildman–Crippen MR) is 84.9 cm³/mol. The first-order valence-corrected chi connectivity index (χ1v) is 9.27. The second-order valence-electron chi connectivity index (χ2n) is 5.44. The quantitative estimate of drug-likeness (QED) is 0.809. The van der Waals surface area contributed by atoms with Gasteiger partial charge in [0.15, 0.2) is 0 Å². The molecule has 112 valence electrons. The highest BCUT2D eigenvalue weighted by Crippen LogP contribution is 2.29. The number of nitrogens with two attached hydrogens (primary N) is 1. The fourth-order valence-corrected chi connectivity index (χ4v) is 5.11. The number of hydrogen-bond donors (Lipinski definition) is 2. The van der Waals surface area contributed by atoms with Gasteiger partial charge in [0.05, 0.1) is 4.90 Å². The lowest BCUT2D eigenvalue weighted by atomic mass is 9.85. The molecule has 1 fully saturated rings. The Kier molecular flexibility index (Phi) is 5.09. The van der Waals surface area contributed by atoms with Gasteiger partial charge in [-0.15, -0.1) is 0 Å². The van der Waals surface area contributed by atoms with E-state index < -0.39 is 10.0 Å². The van der Waals surface area contributed by atoms with Gasteiger partial charge in [0.2, 0.25) is 10.0 Å². The van der Waals surface area contributed by atoms with Gasteiger partial charge >= 0.3 is 0 Å². The van der Waals surface area contributed by atoms with Gasteiger partial charge in [-0.1, -0.05) is 13.3 Å². The van der Waals surface area contributed by atoms with Crippen molar-refractivity contribution in [2.45, 2.75) is 50.0 Å². The maximum atomic E-state index is 12.4. The molecular weight excluding hydrogens is 340 g/mol. The molecule has 0 aliphatic heterocycles. The maximum absolute atomic E-state index is 12.4. The minimum atomic E-state index is -3.48. The molecule has 1 aromatic carbocycles. The van der Waals surface area contributed by atoms with Crippen LogP contribution in [0.25, 0.3) is 0 Å². The van der Waals surface area contributed by atoms with Crippen LogP contribution in [0.1, 0.15) is 39.0 Å². The van der Waals surface area contributed by atoms with Crippen molar-refractivity contribution in [1.82, 2.24) is 4.72 Å². The van der Waals surface area contributed by atoms with Crippen molar-refractivity contribution in [3.8, 4) is 0 Å². The Morgan fingerprint density at radius 3 is 2.50 bits per heavy atom. The third kappa shape index (κ3) is 3.74. The number of halogens is 1. The second kappa shape index (κ2) is 6.45. The zero-order valence-corrected chi connectivity index (χ0v) is 14.0. The van der Waals surface area contributed by atoms with E-state index in [4.69, 9.17) is 5.73 Å². The molecule has 1 aliphatic rings. The molecule has 0 spiro atoms. The Bertz CT molecular complexity index is 567. The van der Waals surface area contributed by atoms with Gasteiger partial charge in [0.25, 0.3) is 0 Å². The molecule has 0 atom stereocenters. The summed E-state index contributed by atoms with van der Waals surface area (Å²) in [4.78, 5) is 0.254. The van der Waals surface area contributed by atoms with Crippen LogP contribution in [0.5, 0.6) is 0 Å². The highest BCUT2D eigenvalue weighted by atomic mass is 79.9. The zero-order valence-electron chi connectivity index (χ0n) is 11.6. The average Bonchev–Trinajstić information content (AvgIpc) is 2.38. The lowest BCUT2D eigenvalue weighted by Crippen LogP contribution is -2.37. The molecule has 4 nitrogen and oxygen atoms in total. The van der Waals surface area contributed by atoms with Crippen molar-refractivity contribution >= 4 is 31.6 Å². The number of nitrogen functional groups attached to an aromatic ring is 1. The van der Waals surface area contributed by atoms with E-state index in [9.17, 15) is 8.42 Å². The monoisotopic (exact) mass is 360 g/mol. The van der Waals surface area contributed by atoms with Crippen LogP contribution in [-0.2, 0) is 10.0 Å². The van der Waals surface area contributed by atoms with Crippen LogP contribution in [0.2, 0.25) is 0 Å². The van der Waals surface area contributed by atoms with Crippen LogP contribution in [0.3, 0.4) is 0 Å². The van der Waals surface area contributed by atoms with E-state index in [-0.39, 0.29) is 10.9 Å². The average molecular weight is 361 g/mol. The second-order valence-corrected chi connectivity index (χ2v) is 7.97. The van der Waals surface area contributed by atoms with Gasteiger partial charge in [0.1, 0.15) is 0 Å². The van der Waals surface area contributed by atoms with Crippen molar-refractivity contribution in [3.63, 3.8) is 0 Å². The van der Waals surface area contributed by atoms with Crippen LogP contribution in [0.15, 0.2) is 27.6 Å². The summed E-state index contributed by atoms with van der Waals surface area (Å²) in [6.07, 6.45) is 5.23.